The number of urea groups is 1. The van der Waals surface area contributed by atoms with Gasteiger partial charge < -0.3 is 10.4 Å². The molecule has 3 aliphatic heterocycles. The van der Waals surface area contributed by atoms with Crippen molar-refractivity contribution in [2.24, 2.45) is 0 Å². The number of fused-ring (bicyclic) bond motifs is 2. The monoisotopic (exact) mass is 253 g/mol. The fraction of sp³-hybridized carbons (Fsp3) is 0.833. The third-order valence-corrected chi connectivity index (χ3v) is 4.51. The summed E-state index contributed by atoms with van der Waals surface area (Å²) in [5.74, 6) is -0.236. The summed E-state index contributed by atoms with van der Waals surface area (Å²) in [6.07, 6.45) is 1.38. The van der Waals surface area contributed by atoms with Crippen molar-refractivity contribution in [3.63, 3.8) is 0 Å². The van der Waals surface area contributed by atoms with E-state index in [0.29, 0.717) is 25.3 Å². The van der Waals surface area contributed by atoms with Gasteiger partial charge in [0.15, 0.2) is 0 Å². The summed E-state index contributed by atoms with van der Waals surface area (Å²) in [6, 6.07) is 0.0670. The van der Waals surface area contributed by atoms with E-state index in [1.807, 2.05) is 0 Å². The van der Waals surface area contributed by atoms with E-state index in [-0.39, 0.29) is 18.0 Å². The highest BCUT2D eigenvalue weighted by Crippen LogP contribution is 2.43. The number of piperidine rings is 1. The topological polar surface area (TPSA) is 81.7 Å². The highest BCUT2D eigenvalue weighted by Gasteiger charge is 2.58. The molecule has 0 aromatic carbocycles. The van der Waals surface area contributed by atoms with Crippen molar-refractivity contribution in [1.29, 1.82) is 0 Å². The second-order valence-electron chi connectivity index (χ2n) is 5.96. The Morgan fingerprint density at radius 2 is 2.11 bits per heavy atom. The van der Waals surface area contributed by atoms with Crippen LogP contribution in [0.4, 0.5) is 4.79 Å². The minimum Gasteiger partial charge on any atom is -0.391 e. The highest BCUT2D eigenvalue weighted by molar-refractivity contribution is 6.07. The van der Waals surface area contributed by atoms with E-state index in [0.717, 1.165) is 0 Å². The summed E-state index contributed by atoms with van der Waals surface area (Å²) in [4.78, 5) is 25.6. The normalized spacial score (nSPS) is 43.7. The SMILES string of the molecule is CC(C)N1[C@@H]2C[C@H](O)[C@H]1CC1(C2)NC(=O)NC1=O. The number of amides is 3. The van der Waals surface area contributed by atoms with Crippen molar-refractivity contribution >= 4 is 11.9 Å². The predicted molar refractivity (Wildman–Crippen MR) is 63.8 cm³/mol. The Morgan fingerprint density at radius 1 is 1.39 bits per heavy atom. The van der Waals surface area contributed by atoms with Crippen LogP contribution in [0, 0.1) is 0 Å². The van der Waals surface area contributed by atoms with Crippen LogP contribution >= 0.6 is 0 Å². The molecule has 3 saturated heterocycles. The van der Waals surface area contributed by atoms with E-state index in [4.69, 9.17) is 0 Å². The molecule has 6 nitrogen and oxygen atoms in total. The van der Waals surface area contributed by atoms with Gasteiger partial charge in [-0.3, -0.25) is 15.0 Å². The van der Waals surface area contributed by atoms with Crippen LogP contribution in [0.1, 0.15) is 33.1 Å². The molecule has 3 fully saturated rings. The highest BCUT2D eigenvalue weighted by atomic mass is 16.3. The lowest BCUT2D eigenvalue weighted by Crippen LogP contribution is -2.61. The number of rotatable bonds is 1. The number of aliphatic hydroxyl groups excluding tert-OH is 1. The van der Waals surface area contributed by atoms with E-state index in [1.54, 1.807) is 0 Å². The molecule has 4 atom stereocenters. The summed E-state index contributed by atoms with van der Waals surface area (Å²) >= 11 is 0. The molecule has 0 radical (unpaired) electrons. The molecule has 0 aliphatic carbocycles. The molecule has 0 aromatic rings. The lowest BCUT2D eigenvalue weighted by molar-refractivity contribution is -0.127. The van der Waals surface area contributed by atoms with Crippen molar-refractivity contribution < 1.29 is 14.7 Å². The minimum absolute atomic E-state index is 0.0344. The molecule has 6 heteroatoms. The van der Waals surface area contributed by atoms with Crippen molar-refractivity contribution in [2.75, 3.05) is 0 Å². The Balaban J connectivity index is 1.90. The van der Waals surface area contributed by atoms with Crippen LogP contribution in [0.15, 0.2) is 0 Å². The maximum absolute atomic E-state index is 12.0. The van der Waals surface area contributed by atoms with Crippen LogP contribution in [0.5, 0.6) is 0 Å². The van der Waals surface area contributed by atoms with Crippen LogP contribution in [-0.2, 0) is 4.79 Å². The fourth-order valence-electron chi connectivity index (χ4n) is 3.92. The molecule has 1 unspecified atom stereocenters. The Kier molecular flexibility index (Phi) is 2.44. The minimum atomic E-state index is -0.796. The summed E-state index contributed by atoms with van der Waals surface area (Å²) in [7, 11) is 0. The molecule has 18 heavy (non-hydrogen) atoms. The number of nitrogens with one attached hydrogen (secondary N) is 2. The molecule has 3 amide bonds. The number of hydrogen-bond acceptors (Lipinski definition) is 4. The van der Waals surface area contributed by atoms with Gasteiger partial charge in [-0.2, -0.15) is 0 Å². The molecule has 3 N–H and O–H groups in total. The molecule has 1 spiro atoms. The average Bonchev–Trinajstić information content (AvgIpc) is 2.62. The predicted octanol–water partition coefficient (Wildman–Crippen LogP) is -0.429. The zero-order chi connectivity index (χ0) is 13.1. The van der Waals surface area contributed by atoms with Gasteiger partial charge >= 0.3 is 6.03 Å². The summed E-state index contributed by atoms with van der Waals surface area (Å²) in [5, 5.41) is 15.2. The zero-order valence-corrected chi connectivity index (χ0v) is 10.6. The van der Waals surface area contributed by atoms with Gasteiger partial charge in [-0.05, 0) is 33.1 Å². The van der Waals surface area contributed by atoms with Crippen LogP contribution < -0.4 is 10.6 Å². The molecular weight excluding hydrogens is 234 g/mol. The van der Waals surface area contributed by atoms with Crippen LogP contribution in [-0.4, -0.2) is 51.7 Å². The van der Waals surface area contributed by atoms with Crippen LogP contribution in [0.3, 0.4) is 0 Å². The maximum atomic E-state index is 12.0. The van der Waals surface area contributed by atoms with Gasteiger partial charge in [0.05, 0.1) is 6.10 Å². The number of hydrogen-bond donors (Lipinski definition) is 3. The van der Waals surface area contributed by atoms with E-state index in [2.05, 4.69) is 29.4 Å². The number of nitrogens with zero attached hydrogens (tertiary/aromatic N) is 1. The van der Waals surface area contributed by atoms with E-state index >= 15 is 0 Å². The Labute approximate surface area is 106 Å². The number of imide groups is 1. The van der Waals surface area contributed by atoms with Crippen molar-refractivity contribution in [2.45, 2.75) is 62.9 Å². The van der Waals surface area contributed by atoms with Gasteiger partial charge in [-0.15, -0.1) is 0 Å². The lowest BCUT2D eigenvalue weighted by atomic mass is 9.82. The van der Waals surface area contributed by atoms with Gasteiger partial charge in [0.1, 0.15) is 5.54 Å². The average molecular weight is 253 g/mol. The molecule has 3 rings (SSSR count). The standard InChI is InChI=1S/C12H19N3O3/c1-6(2)15-7-3-9(16)8(15)5-12(4-7)10(17)13-11(18)14-12/h6-9,16H,3-5H2,1-2H3,(H2,13,14,17,18)/t7-,8-,9+,12?/m1/s1. The van der Waals surface area contributed by atoms with Gasteiger partial charge in [-0.25, -0.2) is 4.79 Å². The first-order valence-corrected chi connectivity index (χ1v) is 6.52. The summed E-state index contributed by atoms with van der Waals surface area (Å²) in [5.41, 5.74) is -0.796. The molecule has 3 heterocycles. The molecule has 100 valence electrons. The van der Waals surface area contributed by atoms with Gasteiger partial charge in [0, 0.05) is 18.1 Å². The fourth-order valence-corrected chi connectivity index (χ4v) is 3.92. The lowest BCUT2D eigenvalue weighted by Gasteiger charge is -2.45. The zero-order valence-electron chi connectivity index (χ0n) is 10.6. The molecule has 0 aromatic heterocycles. The van der Waals surface area contributed by atoms with Gasteiger partial charge in [-0.1, -0.05) is 0 Å². The third kappa shape index (κ3) is 1.48. The Hall–Kier alpha value is -1.14. The summed E-state index contributed by atoms with van der Waals surface area (Å²) < 4.78 is 0. The number of aliphatic hydroxyl groups is 1. The van der Waals surface area contributed by atoms with E-state index in [9.17, 15) is 14.7 Å². The first-order valence-electron chi connectivity index (χ1n) is 6.52. The van der Waals surface area contributed by atoms with Crippen molar-refractivity contribution in [1.82, 2.24) is 15.5 Å². The second-order valence-corrected chi connectivity index (χ2v) is 5.96. The number of carbonyl (C=O) groups is 2. The van der Waals surface area contributed by atoms with Gasteiger partial charge in [0.2, 0.25) is 0 Å². The largest absolute Gasteiger partial charge is 0.391 e. The maximum Gasteiger partial charge on any atom is 0.322 e. The first kappa shape index (κ1) is 11.9. The molecule has 0 saturated carbocycles. The second kappa shape index (κ2) is 3.68. The molecule has 2 bridgehead atoms. The van der Waals surface area contributed by atoms with Crippen molar-refractivity contribution in [3.8, 4) is 0 Å². The summed E-state index contributed by atoms with van der Waals surface area (Å²) in [6.45, 7) is 4.20. The number of carbonyl (C=O) groups excluding carboxylic acids is 2. The third-order valence-electron chi connectivity index (χ3n) is 4.51. The van der Waals surface area contributed by atoms with Crippen molar-refractivity contribution in [3.05, 3.63) is 0 Å². The smallest absolute Gasteiger partial charge is 0.322 e. The quantitative estimate of drug-likeness (QED) is 0.554. The Bertz CT molecular complexity index is 411. The van der Waals surface area contributed by atoms with Gasteiger partial charge in [0.25, 0.3) is 5.91 Å². The Morgan fingerprint density at radius 3 is 2.61 bits per heavy atom. The molecular formula is C12H19N3O3. The molecule has 3 aliphatic rings. The van der Waals surface area contributed by atoms with E-state index < -0.39 is 17.7 Å². The van der Waals surface area contributed by atoms with Crippen LogP contribution in [0.2, 0.25) is 0 Å². The van der Waals surface area contributed by atoms with E-state index in [1.165, 1.54) is 0 Å². The van der Waals surface area contributed by atoms with Crippen LogP contribution in [0.25, 0.3) is 0 Å². The first-order chi connectivity index (χ1) is 8.43.